The Morgan fingerprint density at radius 1 is 1.22 bits per heavy atom. The van der Waals surface area contributed by atoms with Crippen molar-refractivity contribution in [1.82, 2.24) is 5.32 Å². The second-order valence-corrected chi connectivity index (χ2v) is 6.09. The molecule has 0 aromatic rings. The van der Waals surface area contributed by atoms with E-state index in [-0.39, 0.29) is 18.4 Å². The number of nitrogens with one attached hydrogen (secondary N) is 1. The zero-order valence-corrected chi connectivity index (χ0v) is 12.4. The van der Waals surface area contributed by atoms with E-state index in [9.17, 15) is 9.59 Å². The number of amides is 1. The van der Waals surface area contributed by atoms with Gasteiger partial charge in [-0.05, 0) is 19.3 Å². The third-order valence-electron chi connectivity index (χ3n) is 2.52. The minimum atomic E-state index is -0.815. The summed E-state index contributed by atoms with van der Waals surface area (Å²) in [6, 6.07) is 0.205. The van der Waals surface area contributed by atoms with Crippen molar-refractivity contribution in [1.29, 1.82) is 0 Å². The molecule has 0 aliphatic rings. The van der Waals surface area contributed by atoms with E-state index in [1.54, 1.807) is 0 Å². The summed E-state index contributed by atoms with van der Waals surface area (Å²) in [4.78, 5) is 21.8. The molecule has 0 aliphatic carbocycles. The van der Waals surface area contributed by atoms with E-state index in [2.05, 4.69) is 19.2 Å². The summed E-state index contributed by atoms with van der Waals surface area (Å²) in [6.07, 6.45) is 3.43. The van der Waals surface area contributed by atoms with Crippen LogP contribution in [0.5, 0.6) is 0 Å². The summed E-state index contributed by atoms with van der Waals surface area (Å²) in [5, 5.41) is 11.4. The van der Waals surface area contributed by atoms with Crippen LogP contribution >= 0.6 is 11.8 Å². The fraction of sp³-hybridized carbons (Fsp3) is 0.846. The minimum Gasteiger partial charge on any atom is -0.481 e. The number of carboxylic acid groups (broad SMARTS) is 1. The Morgan fingerprint density at radius 3 is 2.44 bits per heavy atom. The van der Waals surface area contributed by atoms with Crippen molar-refractivity contribution in [2.75, 3.05) is 11.5 Å². The van der Waals surface area contributed by atoms with Crippen LogP contribution < -0.4 is 5.32 Å². The van der Waals surface area contributed by atoms with Gasteiger partial charge < -0.3 is 10.4 Å². The lowest BCUT2D eigenvalue weighted by molar-refractivity contribution is -0.136. The Labute approximate surface area is 114 Å². The van der Waals surface area contributed by atoms with Crippen LogP contribution in [0.1, 0.15) is 46.5 Å². The maximum absolute atomic E-state index is 11.5. The minimum absolute atomic E-state index is 0.00226. The highest BCUT2D eigenvalue weighted by atomic mass is 32.2. The molecule has 0 saturated heterocycles. The lowest BCUT2D eigenvalue weighted by atomic mass is 10.0. The summed E-state index contributed by atoms with van der Waals surface area (Å²) in [6.45, 7) is 6.41. The molecule has 0 rings (SSSR count). The van der Waals surface area contributed by atoms with Crippen molar-refractivity contribution >= 4 is 23.6 Å². The maximum atomic E-state index is 11.5. The van der Waals surface area contributed by atoms with E-state index < -0.39 is 5.97 Å². The van der Waals surface area contributed by atoms with Gasteiger partial charge in [-0.1, -0.05) is 26.7 Å². The van der Waals surface area contributed by atoms with Crippen LogP contribution in [-0.4, -0.2) is 34.5 Å². The van der Waals surface area contributed by atoms with Crippen molar-refractivity contribution < 1.29 is 14.7 Å². The van der Waals surface area contributed by atoms with Gasteiger partial charge in [-0.25, -0.2) is 0 Å². The van der Waals surface area contributed by atoms with Gasteiger partial charge in [-0.15, -0.1) is 0 Å². The smallest absolute Gasteiger partial charge is 0.304 e. The maximum Gasteiger partial charge on any atom is 0.304 e. The first-order chi connectivity index (χ1) is 8.41. The first-order valence-corrected chi connectivity index (χ1v) is 7.66. The van der Waals surface area contributed by atoms with Crippen molar-refractivity contribution in [2.45, 2.75) is 52.5 Å². The van der Waals surface area contributed by atoms with Gasteiger partial charge in [0.05, 0.1) is 12.2 Å². The summed E-state index contributed by atoms with van der Waals surface area (Å²) in [5.74, 6) is 0.735. The van der Waals surface area contributed by atoms with Crippen LogP contribution in [0.15, 0.2) is 0 Å². The average molecular weight is 275 g/mol. The number of thioether (sulfide) groups is 1. The molecule has 5 heteroatoms. The molecule has 0 aliphatic heterocycles. The van der Waals surface area contributed by atoms with Gasteiger partial charge in [0.2, 0.25) is 5.91 Å². The third-order valence-corrected chi connectivity index (χ3v) is 3.48. The molecular formula is C13H25NO3S. The Kier molecular flexibility index (Phi) is 9.83. The van der Waals surface area contributed by atoms with Crippen molar-refractivity contribution in [2.24, 2.45) is 5.92 Å². The molecule has 0 aromatic carbocycles. The molecule has 0 radical (unpaired) electrons. The average Bonchev–Trinajstić information content (AvgIpc) is 2.23. The number of carbonyl (C=O) groups is 2. The van der Waals surface area contributed by atoms with E-state index in [4.69, 9.17) is 5.11 Å². The highest BCUT2D eigenvalue weighted by Crippen LogP contribution is 2.08. The molecular weight excluding hydrogens is 250 g/mol. The summed E-state index contributed by atoms with van der Waals surface area (Å²) < 4.78 is 0. The van der Waals surface area contributed by atoms with Gasteiger partial charge in [0.25, 0.3) is 0 Å². The normalized spacial score (nSPS) is 12.4. The molecule has 2 N–H and O–H groups in total. The number of hydrogen-bond acceptors (Lipinski definition) is 3. The number of rotatable bonds is 10. The molecule has 1 unspecified atom stereocenters. The van der Waals surface area contributed by atoms with Crippen molar-refractivity contribution in [3.63, 3.8) is 0 Å². The Morgan fingerprint density at radius 2 is 1.89 bits per heavy atom. The number of hydrogen-bond donors (Lipinski definition) is 2. The van der Waals surface area contributed by atoms with Gasteiger partial charge in [-0.2, -0.15) is 11.8 Å². The molecule has 0 spiro atoms. The molecule has 0 saturated carbocycles. The highest BCUT2D eigenvalue weighted by Gasteiger charge is 2.08. The van der Waals surface area contributed by atoms with Gasteiger partial charge in [-0.3, -0.25) is 9.59 Å². The lowest BCUT2D eigenvalue weighted by Crippen LogP contribution is -2.33. The third kappa shape index (κ3) is 11.8. The van der Waals surface area contributed by atoms with Crippen LogP contribution in [0.2, 0.25) is 0 Å². The van der Waals surface area contributed by atoms with Gasteiger partial charge in [0, 0.05) is 11.8 Å². The monoisotopic (exact) mass is 275 g/mol. The van der Waals surface area contributed by atoms with Crippen LogP contribution in [0.25, 0.3) is 0 Å². The summed E-state index contributed by atoms with van der Waals surface area (Å²) in [5.41, 5.74) is 0. The van der Waals surface area contributed by atoms with Crippen LogP contribution in [0.3, 0.4) is 0 Å². The van der Waals surface area contributed by atoms with E-state index >= 15 is 0 Å². The van der Waals surface area contributed by atoms with Gasteiger partial charge in [0.15, 0.2) is 0 Å². The molecule has 0 heterocycles. The molecule has 0 bridgehead atoms. The molecule has 18 heavy (non-hydrogen) atoms. The number of carboxylic acids is 1. The largest absolute Gasteiger partial charge is 0.481 e. The molecule has 4 nitrogen and oxygen atoms in total. The number of aliphatic carboxylic acids is 1. The summed E-state index contributed by atoms with van der Waals surface area (Å²) in [7, 11) is 0. The standard InChI is InChI=1S/C13H25NO3S/c1-10(2)5-4-6-11(3)14-12(15)9-18-8-7-13(16)17/h10-11H,4-9H2,1-3H3,(H,14,15)(H,16,17). The van der Waals surface area contributed by atoms with E-state index in [0.29, 0.717) is 17.4 Å². The second-order valence-electron chi connectivity index (χ2n) is 4.99. The Balaban J connectivity index is 3.52. The Hall–Kier alpha value is -0.710. The van der Waals surface area contributed by atoms with E-state index in [1.165, 1.54) is 18.2 Å². The Bertz CT molecular complexity index is 257. The van der Waals surface area contributed by atoms with Gasteiger partial charge in [0.1, 0.15) is 0 Å². The number of carbonyl (C=O) groups excluding carboxylic acids is 1. The molecule has 1 atom stereocenters. The fourth-order valence-corrected chi connectivity index (χ4v) is 2.28. The topological polar surface area (TPSA) is 66.4 Å². The SMILES string of the molecule is CC(C)CCCC(C)NC(=O)CSCCC(=O)O. The van der Waals surface area contributed by atoms with E-state index in [0.717, 1.165) is 12.8 Å². The zero-order chi connectivity index (χ0) is 14.0. The fourth-order valence-electron chi connectivity index (χ4n) is 1.55. The first-order valence-electron chi connectivity index (χ1n) is 6.50. The first kappa shape index (κ1) is 17.3. The molecule has 1 amide bonds. The van der Waals surface area contributed by atoms with Crippen molar-refractivity contribution in [3.8, 4) is 0 Å². The van der Waals surface area contributed by atoms with Crippen LogP contribution in [-0.2, 0) is 9.59 Å². The molecule has 0 aromatic heterocycles. The molecule has 0 fully saturated rings. The van der Waals surface area contributed by atoms with Gasteiger partial charge >= 0.3 is 5.97 Å². The quantitative estimate of drug-likeness (QED) is 0.601. The highest BCUT2D eigenvalue weighted by molar-refractivity contribution is 7.99. The lowest BCUT2D eigenvalue weighted by Gasteiger charge is -2.14. The second kappa shape index (κ2) is 10.2. The zero-order valence-electron chi connectivity index (χ0n) is 11.6. The predicted octanol–water partition coefficient (Wildman–Crippen LogP) is 2.53. The molecule has 106 valence electrons. The summed E-state index contributed by atoms with van der Waals surface area (Å²) >= 11 is 1.37. The van der Waals surface area contributed by atoms with E-state index in [1.807, 2.05) is 6.92 Å². The predicted molar refractivity (Wildman–Crippen MR) is 75.9 cm³/mol. The van der Waals surface area contributed by atoms with Crippen LogP contribution in [0, 0.1) is 5.92 Å². The van der Waals surface area contributed by atoms with Crippen molar-refractivity contribution in [3.05, 3.63) is 0 Å². The van der Waals surface area contributed by atoms with Crippen LogP contribution in [0.4, 0.5) is 0 Å².